The lowest BCUT2D eigenvalue weighted by Crippen LogP contribution is -2.26. The predicted octanol–water partition coefficient (Wildman–Crippen LogP) is 1.49. The molecular weight excluding hydrogens is 209 g/mol. The van der Waals surface area contributed by atoms with Crippen LogP contribution in [-0.4, -0.2) is 19.4 Å². The number of aldehydes is 1. The Balaban J connectivity index is 3.23. The number of para-hydroxylation sites is 1. The van der Waals surface area contributed by atoms with Crippen molar-refractivity contribution in [3.8, 4) is 12.1 Å². The van der Waals surface area contributed by atoms with Gasteiger partial charge in [-0.1, -0.05) is 6.07 Å². The number of hydrogen-bond donors (Lipinski definition) is 0. The quantitative estimate of drug-likeness (QED) is 0.566. The maximum atomic E-state index is 13.5. The number of halogens is 1. The van der Waals surface area contributed by atoms with Crippen LogP contribution >= 0.6 is 0 Å². The maximum Gasteiger partial charge on any atom is 0.152 e. The summed E-state index contributed by atoms with van der Waals surface area (Å²) in [7, 11) is 0. The molecule has 1 aromatic carbocycles. The molecule has 0 N–H and O–H groups in total. The molecule has 16 heavy (non-hydrogen) atoms. The number of nitrogens with zero attached hydrogens (tertiary/aromatic N) is 3. The number of anilines is 1. The molecule has 0 aliphatic carbocycles. The summed E-state index contributed by atoms with van der Waals surface area (Å²) in [6.07, 6.45) is 0.500. The Morgan fingerprint density at radius 3 is 2.44 bits per heavy atom. The van der Waals surface area contributed by atoms with Crippen molar-refractivity contribution >= 4 is 12.0 Å². The Labute approximate surface area is 92.1 Å². The minimum absolute atomic E-state index is 0.000556. The van der Waals surface area contributed by atoms with Gasteiger partial charge in [0.15, 0.2) is 6.29 Å². The van der Waals surface area contributed by atoms with Gasteiger partial charge in [-0.3, -0.25) is 4.79 Å². The molecule has 0 radical (unpaired) electrons. The molecule has 1 rings (SSSR count). The first-order valence-corrected chi connectivity index (χ1v) is 4.47. The first kappa shape index (κ1) is 11.7. The van der Waals surface area contributed by atoms with Gasteiger partial charge >= 0.3 is 0 Å². The molecule has 0 saturated carbocycles. The first-order chi connectivity index (χ1) is 7.74. The Morgan fingerprint density at radius 2 is 1.94 bits per heavy atom. The van der Waals surface area contributed by atoms with Gasteiger partial charge in [-0.05, 0) is 12.1 Å². The molecule has 0 aromatic heterocycles. The zero-order chi connectivity index (χ0) is 12.0. The number of hydrogen-bond acceptors (Lipinski definition) is 4. The van der Waals surface area contributed by atoms with E-state index in [0.29, 0.717) is 6.29 Å². The molecule has 0 bridgehead atoms. The second-order valence-corrected chi connectivity index (χ2v) is 2.97. The fourth-order valence-electron chi connectivity index (χ4n) is 1.35. The third kappa shape index (κ3) is 2.34. The van der Waals surface area contributed by atoms with Crippen molar-refractivity contribution in [2.24, 2.45) is 0 Å². The van der Waals surface area contributed by atoms with Gasteiger partial charge in [0.25, 0.3) is 0 Å². The molecule has 1 aromatic rings. The second kappa shape index (κ2) is 5.47. The number of rotatable bonds is 4. The van der Waals surface area contributed by atoms with E-state index in [2.05, 4.69) is 0 Å². The van der Waals surface area contributed by atoms with Crippen molar-refractivity contribution in [1.82, 2.24) is 0 Å². The summed E-state index contributed by atoms with van der Waals surface area (Å²) in [6.45, 7) is -0.287. The second-order valence-electron chi connectivity index (χ2n) is 2.97. The highest BCUT2D eigenvalue weighted by Gasteiger charge is 2.15. The highest BCUT2D eigenvalue weighted by atomic mass is 19.1. The van der Waals surface area contributed by atoms with Crippen LogP contribution in [-0.2, 0) is 0 Å². The summed E-state index contributed by atoms with van der Waals surface area (Å²) in [5.41, 5.74) is 0.131. The van der Waals surface area contributed by atoms with E-state index >= 15 is 0 Å². The molecule has 0 aliphatic rings. The zero-order valence-corrected chi connectivity index (χ0v) is 8.35. The first-order valence-electron chi connectivity index (χ1n) is 4.47. The van der Waals surface area contributed by atoms with Gasteiger partial charge in [0.2, 0.25) is 0 Å². The Hall–Kier alpha value is -2.40. The van der Waals surface area contributed by atoms with Crippen molar-refractivity contribution in [3.63, 3.8) is 0 Å². The van der Waals surface area contributed by atoms with Crippen molar-refractivity contribution in [2.45, 2.75) is 0 Å². The van der Waals surface area contributed by atoms with Gasteiger partial charge in [-0.2, -0.15) is 10.5 Å². The number of carbonyl (C=O) groups is 1. The Kier molecular flexibility index (Phi) is 3.99. The van der Waals surface area contributed by atoms with Gasteiger partial charge in [-0.25, -0.2) is 4.39 Å². The summed E-state index contributed by atoms with van der Waals surface area (Å²) >= 11 is 0. The minimum atomic E-state index is -0.616. The molecule has 4 nitrogen and oxygen atoms in total. The van der Waals surface area contributed by atoms with Crippen molar-refractivity contribution in [1.29, 1.82) is 10.5 Å². The molecule has 80 valence electrons. The molecule has 0 spiro atoms. The average Bonchev–Trinajstić information content (AvgIpc) is 2.28. The van der Waals surface area contributed by atoms with Crippen LogP contribution in [0.1, 0.15) is 10.4 Å². The van der Waals surface area contributed by atoms with Crippen LogP contribution in [0.4, 0.5) is 10.1 Å². The lowest BCUT2D eigenvalue weighted by molar-refractivity contribution is 0.112. The van der Waals surface area contributed by atoms with E-state index in [1.165, 1.54) is 23.1 Å². The highest BCUT2D eigenvalue weighted by molar-refractivity contribution is 5.85. The van der Waals surface area contributed by atoms with E-state index in [0.717, 1.165) is 0 Å². The van der Waals surface area contributed by atoms with Crippen molar-refractivity contribution in [3.05, 3.63) is 29.6 Å². The predicted molar refractivity (Wildman–Crippen MR) is 55.2 cm³/mol. The third-order valence-electron chi connectivity index (χ3n) is 1.98. The lowest BCUT2D eigenvalue weighted by Gasteiger charge is -2.20. The van der Waals surface area contributed by atoms with Crippen molar-refractivity contribution in [2.75, 3.05) is 18.0 Å². The minimum Gasteiger partial charge on any atom is -0.342 e. The summed E-state index contributed by atoms with van der Waals surface area (Å²) in [6, 6.07) is 7.67. The largest absolute Gasteiger partial charge is 0.342 e. The van der Waals surface area contributed by atoms with Gasteiger partial charge < -0.3 is 4.90 Å². The summed E-state index contributed by atoms with van der Waals surface area (Å²) < 4.78 is 13.5. The van der Waals surface area contributed by atoms with Crippen LogP contribution < -0.4 is 4.90 Å². The van der Waals surface area contributed by atoms with Crippen LogP contribution in [0.2, 0.25) is 0 Å². The van der Waals surface area contributed by atoms with E-state index in [-0.39, 0.29) is 24.3 Å². The molecular formula is C11H8FN3O. The molecule has 0 atom stereocenters. The fraction of sp³-hybridized carbons (Fsp3) is 0.182. The smallest absolute Gasteiger partial charge is 0.152 e. The van der Waals surface area contributed by atoms with Crippen molar-refractivity contribution < 1.29 is 9.18 Å². The monoisotopic (exact) mass is 217 g/mol. The number of nitriles is 2. The number of carbonyl (C=O) groups excluding carboxylic acids is 1. The van der Waals surface area contributed by atoms with E-state index < -0.39 is 5.82 Å². The normalized spacial score (nSPS) is 8.94. The third-order valence-corrected chi connectivity index (χ3v) is 1.98. The van der Waals surface area contributed by atoms with Gasteiger partial charge in [0.1, 0.15) is 18.9 Å². The Morgan fingerprint density at radius 1 is 1.31 bits per heavy atom. The summed E-state index contributed by atoms with van der Waals surface area (Å²) in [5, 5.41) is 17.1. The van der Waals surface area contributed by atoms with E-state index in [9.17, 15) is 9.18 Å². The fourth-order valence-corrected chi connectivity index (χ4v) is 1.35. The lowest BCUT2D eigenvalue weighted by atomic mass is 10.1. The van der Waals surface area contributed by atoms with Crippen LogP contribution in [0.5, 0.6) is 0 Å². The summed E-state index contributed by atoms with van der Waals surface area (Å²) in [4.78, 5) is 12.0. The molecule has 0 heterocycles. The molecule has 0 aliphatic heterocycles. The van der Waals surface area contributed by atoms with Crippen LogP contribution in [0, 0.1) is 28.5 Å². The standard InChI is InChI=1S/C11H8FN3O/c12-10-3-1-2-9(8-16)11(10)15(6-4-13)7-5-14/h1-3,8H,6-7H2. The molecule has 5 heteroatoms. The van der Waals surface area contributed by atoms with E-state index in [1.807, 2.05) is 12.1 Å². The van der Waals surface area contributed by atoms with Crippen LogP contribution in [0.25, 0.3) is 0 Å². The Bertz CT molecular complexity index is 457. The van der Waals surface area contributed by atoms with Gasteiger partial charge in [-0.15, -0.1) is 0 Å². The average molecular weight is 217 g/mol. The van der Waals surface area contributed by atoms with Gasteiger partial charge in [0, 0.05) is 5.56 Å². The van der Waals surface area contributed by atoms with E-state index in [4.69, 9.17) is 10.5 Å². The van der Waals surface area contributed by atoms with Crippen LogP contribution in [0.3, 0.4) is 0 Å². The molecule has 0 saturated heterocycles. The molecule has 0 fully saturated rings. The number of benzene rings is 1. The van der Waals surface area contributed by atoms with Gasteiger partial charge in [0.05, 0.1) is 17.8 Å². The molecule has 0 amide bonds. The van der Waals surface area contributed by atoms with E-state index in [1.54, 1.807) is 0 Å². The topological polar surface area (TPSA) is 67.9 Å². The maximum absolute atomic E-state index is 13.5. The molecule has 0 unspecified atom stereocenters. The SMILES string of the molecule is N#CCN(CC#N)c1c(F)cccc1C=O. The summed E-state index contributed by atoms with van der Waals surface area (Å²) in [5.74, 6) is -0.616. The van der Waals surface area contributed by atoms with Crippen LogP contribution in [0.15, 0.2) is 18.2 Å². The zero-order valence-electron chi connectivity index (χ0n) is 8.35. The highest BCUT2D eigenvalue weighted by Crippen LogP contribution is 2.22.